The zero-order valence-corrected chi connectivity index (χ0v) is 13.6. The maximum absolute atomic E-state index is 14.7. The Hall–Kier alpha value is -2.20. The van der Waals surface area contributed by atoms with Crippen LogP contribution in [0.25, 0.3) is 0 Å². The van der Waals surface area contributed by atoms with Gasteiger partial charge in [0.2, 0.25) is 5.91 Å². The molecule has 1 aliphatic carbocycles. The zero-order valence-electron chi connectivity index (χ0n) is 13.6. The molecular weight excluding hydrogens is 303 g/mol. The van der Waals surface area contributed by atoms with E-state index in [0.717, 1.165) is 42.5 Å². The smallest absolute Gasteiger partial charge is 0.231 e. The van der Waals surface area contributed by atoms with Crippen molar-refractivity contribution in [3.63, 3.8) is 0 Å². The number of hydrogen-bond donors (Lipinski definition) is 2. The average Bonchev–Trinajstić information content (AvgIpc) is 3.39. The van der Waals surface area contributed by atoms with Crippen molar-refractivity contribution in [1.82, 2.24) is 5.32 Å². The lowest BCUT2D eigenvalue weighted by molar-refractivity contribution is -0.121. The van der Waals surface area contributed by atoms with Gasteiger partial charge in [-0.3, -0.25) is 4.79 Å². The summed E-state index contributed by atoms with van der Waals surface area (Å²) in [5, 5.41) is 6.08. The van der Waals surface area contributed by atoms with Crippen LogP contribution in [0.4, 0.5) is 10.1 Å². The van der Waals surface area contributed by atoms with Crippen LogP contribution < -0.4 is 10.6 Å². The van der Waals surface area contributed by atoms with Crippen molar-refractivity contribution in [3.05, 3.63) is 65.0 Å². The number of halogens is 1. The number of fused-ring (bicyclic) bond motifs is 1. The van der Waals surface area contributed by atoms with Crippen LogP contribution in [-0.2, 0) is 24.2 Å². The molecule has 24 heavy (non-hydrogen) atoms. The summed E-state index contributed by atoms with van der Waals surface area (Å²) in [4.78, 5) is 12.7. The predicted molar refractivity (Wildman–Crippen MR) is 92.3 cm³/mol. The number of anilines is 1. The average molecular weight is 324 g/mol. The largest absolute Gasteiger partial charge is 0.323 e. The van der Waals surface area contributed by atoms with Gasteiger partial charge in [-0.25, -0.2) is 4.39 Å². The summed E-state index contributed by atoms with van der Waals surface area (Å²) < 4.78 is 14.7. The molecule has 1 amide bonds. The standard InChI is InChI=1S/C20H21FN2O/c21-18-16-8-11-22-13-15(16)6-7-17(18)23-19(24)20(9-10-20)12-14-4-2-1-3-5-14/h1-7,22H,8-13H2,(H,23,24). The Morgan fingerprint density at radius 1 is 1.17 bits per heavy atom. The molecule has 2 aromatic rings. The second-order valence-corrected chi connectivity index (χ2v) is 6.89. The van der Waals surface area contributed by atoms with Crippen LogP contribution in [0.5, 0.6) is 0 Å². The maximum atomic E-state index is 14.7. The number of benzene rings is 2. The summed E-state index contributed by atoms with van der Waals surface area (Å²) in [6, 6.07) is 13.6. The minimum absolute atomic E-state index is 0.0564. The Labute approximate surface area is 141 Å². The molecule has 0 atom stereocenters. The quantitative estimate of drug-likeness (QED) is 0.904. The van der Waals surface area contributed by atoms with Crippen LogP contribution in [0.15, 0.2) is 42.5 Å². The molecule has 4 heteroatoms. The van der Waals surface area contributed by atoms with Gasteiger partial charge in [0.05, 0.1) is 11.1 Å². The summed E-state index contributed by atoms with van der Waals surface area (Å²) in [7, 11) is 0. The fourth-order valence-electron chi connectivity index (χ4n) is 3.51. The molecule has 1 heterocycles. The van der Waals surface area contributed by atoms with Gasteiger partial charge in [0, 0.05) is 6.54 Å². The second-order valence-electron chi connectivity index (χ2n) is 6.89. The molecule has 0 spiro atoms. The molecule has 2 aliphatic rings. The van der Waals surface area contributed by atoms with Crippen LogP contribution in [0.3, 0.4) is 0 Å². The Morgan fingerprint density at radius 3 is 2.71 bits per heavy atom. The highest BCUT2D eigenvalue weighted by Crippen LogP contribution is 2.49. The lowest BCUT2D eigenvalue weighted by atomic mass is 9.95. The van der Waals surface area contributed by atoms with Gasteiger partial charge in [0.25, 0.3) is 0 Å². The molecule has 0 bridgehead atoms. The third-order valence-corrected chi connectivity index (χ3v) is 5.18. The molecule has 2 N–H and O–H groups in total. The first-order valence-electron chi connectivity index (χ1n) is 8.54. The highest BCUT2D eigenvalue weighted by atomic mass is 19.1. The minimum Gasteiger partial charge on any atom is -0.323 e. The molecule has 1 saturated carbocycles. The van der Waals surface area contributed by atoms with Gasteiger partial charge in [-0.1, -0.05) is 36.4 Å². The van der Waals surface area contributed by atoms with Gasteiger partial charge in [-0.15, -0.1) is 0 Å². The maximum Gasteiger partial charge on any atom is 0.231 e. The Morgan fingerprint density at radius 2 is 1.96 bits per heavy atom. The van der Waals surface area contributed by atoms with E-state index in [1.807, 2.05) is 36.4 Å². The van der Waals surface area contributed by atoms with E-state index < -0.39 is 0 Å². The highest BCUT2D eigenvalue weighted by Gasteiger charge is 2.49. The minimum atomic E-state index is -0.370. The van der Waals surface area contributed by atoms with Crippen molar-refractivity contribution in [3.8, 4) is 0 Å². The third-order valence-electron chi connectivity index (χ3n) is 5.18. The molecule has 124 valence electrons. The number of nitrogens with one attached hydrogen (secondary N) is 2. The molecule has 0 aromatic heterocycles. The molecule has 1 fully saturated rings. The van der Waals surface area contributed by atoms with Crippen molar-refractivity contribution in [2.24, 2.45) is 5.41 Å². The van der Waals surface area contributed by atoms with Crippen molar-refractivity contribution in [2.75, 3.05) is 11.9 Å². The first-order chi connectivity index (χ1) is 11.7. The summed E-state index contributed by atoms with van der Waals surface area (Å²) in [6.07, 6.45) is 3.12. The number of carbonyl (C=O) groups is 1. The zero-order chi connectivity index (χ0) is 16.6. The Kier molecular flexibility index (Phi) is 3.85. The first kappa shape index (κ1) is 15.3. The van der Waals surface area contributed by atoms with E-state index in [1.165, 1.54) is 0 Å². The van der Waals surface area contributed by atoms with E-state index in [1.54, 1.807) is 6.07 Å². The Balaban J connectivity index is 1.52. The fraction of sp³-hybridized carbons (Fsp3) is 0.350. The SMILES string of the molecule is O=C(Nc1ccc2c(c1F)CCNC2)C1(Cc2ccccc2)CC1. The van der Waals surface area contributed by atoms with Crippen molar-refractivity contribution in [1.29, 1.82) is 0 Å². The molecule has 3 nitrogen and oxygen atoms in total. The van der Waals surface area contributed by atoms with Crippen molar-refractivity contribution in [2.45, 2.75) is 32.2 Å². The van der Waals surface area contributed by atoms with Crippen LogP contribution >= 0.6 is 0 Å². The van der Waals surface area contributed by atoms with Crippen LogP contribution in [-0.4, -0.2) is 12.5 Å². The molecule has 4 rings (SSSR count). The highest BCUT2D eigenvalue weighted by molar-refractivity contribution is 5.97. The van der Waals surface area contributed by atoms with E-state index in [2.05, 4.69) is 10.6 Å². The van der Waals surface area contributed by atoms with Crippen LogP contribution in [0.1, 0.15) is 29.5 Å². The van der Waals surface area contributed by atoms with E-state index in [0.29, 0.717) is 18.7 Å². The summed E-state index contributed by atoms with van der Waals surface area (Å²) in [5.41, 5.74) is 2.83. The first-order valence-corrected chi connectivity index (χ1v) is 8.54. The van der Waals surface area contributed by atoms with Gasteiger partial charge < -0.3 is 10.6 Å². The summed E-state index contributed by atoms with van der Waals surface area (Å²) in [6.45, 7) is 1.47. The lowest BCUT2D eigenvalue weighted by Crippen LogP contribution is -2.28. The van der Waals surface area contributed by atoms with Gasteiger partial charge >= 0.3 is 0 Å². The van der Waals surface area contributed by atoms with Crippen molar-refractivity contribution < 1.29 is 9.18 Å². The van der Waals surface area contributed by atoms with E-state index in [9.17, 15) is 9.18 Å². The summed E-state index contributed by atoms with van der Waals surface area (Å²) in [5.74, 6) is -0.322. The summed E-state index contributed by atoms with van der Waals surface area (Å²) >= 11 is 0. The molecule has 2 aromatic carbocycles. The molecule has 1 aliphatic heterocycles. The number of amides is 1. The van der Waals surface area contributed by atoms with Gasteiger partial charge in [-0.2, -0.15) is 0 Å². The normalized spacial score (nSPS) is 17.9. The van der Waals surface area contributed by atoms with Gasteiger partial charge in [0.15, 0.2) is 0 Å². The van der Waals surface area contributed by atoms with E-state index in [4.69, 9.17) is 0 Å². The van der Waals surface area contributed by atoms with Crippen LogP contribution in [0, 0.1) is 11.2 Å². The number of rotatable bonds is 4. The fourth-order valence-corrected chi connectivity index (χ4v) is 3.51. The molecule has 0 unspecified atom stereocenters. The topological polar surface area (TPSA) is 41.1 Å². The number of carbonyl (C=O) groups excluding carboxylic acids is 1. The number of hydrogen-bond acceptors (Lipinski definition) is 2. The van der Waals surface area contributed by atoms with Gasteiger partial charge in [-0.05, 0) is 55.0 Å². The van der Waals surface area contributed by atoms with E-state index in [-0.39, 0.29) is 17.1 Å². The van der Waals surface area contributed by atoms with Crippen LogP contribution in [0.2, 0.25) is 0 Å². The second kappa shape index (κ2) is 6.02. The monoisotopic (exact) mass is 324 g/mol. The van der Waals surface area contributed by atoms with E-state index >= 15 is 0 Å². The van der Waals surface area contributed by atoms with Crippen molar-refractivity contribution >= 4 is 11.6 Å². The molecule has 0 radical (unpaired) electrons. The Bertz CT molecular complexity index is 769. The third kappa shape index (κ3) is 2.82. The molecular formula is C20H21FN2O. The predicted octanol–water partition coefficient (Wildman–Crippen LogP) is 3.43. The van der Waals surface area contributed by atoms with Gasteiger partial charge in [0.1, 0.15) is 5.82 Å². The molecule has 0 saturated heterocycles. The lowest BCUT2D eigenvalue weighted by Gasteiger charge is -2.21.